The molecule has 3 N–H and O–H groups in total. The van der Waals surface area contributed by atoms with Gasteiger partial charge >= 0.3 is 5.97 Å². The van der Waals surface area contributed by atoms with Gasteiger partial charge in [0.2, 0.25) is 10.3 Å². The van der Waals surface area contributed by atoms with Crippen LogP contribution in [0.2, 0.25) is 0 Å². The highest BCUT2D eigenvalue weighted by molar-refractivity contribution is 7.73. The Morgan fingerprint density at radius 1 is 1.53 bits per heavy atom. The fourth-order valence-corrected chi connectivity index (χ4v) is 1.87. The highest BCUT2D eigenvalue weighted by Gasteiger charge is 2.28. The first kappa shape index (κ1) is 11.5. The normalized spacial score (nSPS) is 20.6. The maximum absolute atomic E-state index is 10.8. The van der Waals surface area contributed by atoms with Gasteiger partial charge in [0.15, 0.2) is 0 Å². The Morgan fingerprint density at radius 3 is 2.53 bits per heavy atom. The topological polar surface area (TPSA) is 107 Å². The number of carboxylic acid groups (broad SMARTS) is 1. The summed E-state index contributed by atoms with van der Waals surface area (Å²) in [5.74, 6) is -1.26. The summed E-state index contributed by atoms with van der Waals surface area (Å²) in [6, 6.07) is 0. The van der Waals surface area contributed by atoms with Gasteiger partial charge in [-0.05, 0) is 12.2 Å². The number of rotatable bonds is 2. The summed E-state index contributed by atoms with van der Waals surface area (Å²) in [5.41, 5.74) is 5.25. The van der Waals surface area contributed by atoms with E-state index in [0.717, 1.165) is 0 Å². The minimum atomic E-state index is -2.56. The molecule has 6 nitrogen and oxygen atoms in total. The van der Waals surface area contributed by atoms with Crippen molar-refractivity contribution >= 4 is 21.1 Å². The predicted molar refractivity (Wildman–Crippen MR) is 52.7 cm³/mol. The third-order valence-corrected chi connectivity index (χ3v) is 2.56. The fourth-order valence-electron chi connectivity index (χ4n) is 1.24. The van der Waals surface area contributed by atoms with Crippen LogP contribution in [-0.2, 0) is 19.8 Å². The molecular weight excluding hydrogens is 222 g/mol. The average molecular weight is 231 g/mol. The van der Waals surface area contributed by atoms with Crippen LogP contribution in [0.4, 0.5) is 0 Å². The molecule has 1 rings (SSSR count). The van der Waals surface area contributed by atoms with Gasteiger partial charge in [-0.2, -0.15) is 8.42 Å². The number of allylic oxidation sites excluding steroid dienone is 1. The molecule has 1 aliphatic rings. The molecule has 0 heterocycles. The highest BCUT2D eigenvalue weighted by Crippen LogP contribution is 2.16. The van der Waals surface area contributed by atoms with Crippen LogP contribution in [0.15, 0.2) is 23.4 Å². The number of hydrogen-bond acceptors (Lipinski definition) is 5. The number of methoxy groups -OCH3 is 1. The van der Waals surface area contributed by atoms with E-state index in [9.17, 15) is 13.2 Å². The van der Waals surface area contributed by atoms with E-state index < -0.39 is 22.4 Å². The van der Waals surface area contributed by atoms with E-state index >= 15 is 0 Å². The Hall–Kier alpha value is -1.60. The summed E-state index contributed by atoms with van der Waals surface area (Å²) in [5, 5.41) is 8.81. The molecule has 0 bridgehead atoms. The number of ether oxygens (including phenoxy) is 1. The van der Waals surface area contributed by atoms with Gasteiger partial charge in [-0.15, -0.1) is 0 Å². The third kappa shape index (κ3) is 2.25. The largest absolute Gasteiger partial charge is 0.478 e. The Balaban J connectivity index is 3.38. The molecule has 1 aliphatic carbocycles. The Bertz CT molecular complexity index is 477. The molecule has 0 spiro atoms. The van der Waals surface area contributed by atoms with Crippen molar-refractivity contribution < 1.29 is 23.1 Å². The summed E-state index contributed by atoms with van der Waals surface area (Å²) in [4.78, 5) is 10.6. The minimum absolute atomic E-state index is 0.0694. The zero-order valence-electron chi connectivity index (χ0n) is 7.80. The molecule has 1 unspecified atom stereocenters. The molecule has 0 aromatic carbocycles. The number of carbonyl (C=O) groups is 1. The summed E-state index contributed by atoms with van der Waals surface area (Å²) in [7, 11) is -1.33. The molecular formula is C8H9NO5S. The van der Waals surface area contributed by atoms with Gasteiger partial charge in [0, 0.05) is 12.8 Å². The number of aliphatic carboxylic acids is 1. The van der Waals surface area contributed by atoms with Gasteiger partial charge in [-0.3, -0.25) is 0 Å². The number of nitrogens with two attached hydrogens (primary N) is 1. The van der Waals surface area contributed by atoms with E-state index in [-0.39, 0.29) is 16.1 Å². The van der Waals surface area contributed by atoms with Crippen molar-refractivity contribution in [3.05, 3.63) is 23.4 Å². The maximum Gasteiger partial charge on any atom is 0.334 e. The van der Waals surface area contributed by atoms with Crippen LogP contribution < -0.4 is 5.73 Å². The molecule has 7 heteroatoms. The molecule has 82 valence electrons. The molecule has 0 aliphatic heterocycles. The second kappa shape index (κ2) is 4.28. The molecule has 0 saturated carbocycles. The minimum Gasteiger partial charge on any atom is -0.478 e. The smallest absolute Gasteiger partial charge is 0.334 e. The Kier molecular flexibility index (Phi) is 3.28. The standard InChI is InChI=1S/C8H9NO5S/c1-14-7-5(8(10)11)2-4(9)3-6(7)15(12)13/h2-3,7H,9H2,1H3,(H,10,11). The first-order chi connectivity index (χ1) is 6.97. The molecule has 0 fully saturated rings. The van der Waals surface area contributed by atoms with E-state index in [4.69, 9.17) is 15.6 Å². The van der Waals surface area contributed by atoms with Crippen molar-refractivity contribution in [2.45, 2.75) is 6.10 Å². The second-order valence-corrected chi connectivity index (χ2v) is 3.74. The third-order valence-electron chi connectivity index (χ3n) is 1.85. The van der Waals surface area contributed by atoms with Crippen molar-refractivity contribution in [2.75, 3.05) is 7.11 Å². The van der Waals surface area contributed by atoms with E-state index in [1.165, 1.54) is 19.3 Å². The number of carboxylic acids is 1. The average Bonchev–Trinajstić information content (AvgIpc) is 2.16. The van der Waals surface area contributed by atoms with E-state index in [2.05, 4.69) is 0 Å². The van der Waals surface area contributed by atoms with E-state index in [1.807, 2.05) is 0 Å². The maximum atomic E-state index is 10.8. The number of hydrogen-bond donors (Lipinski definition) is 2. The van der Waals surface area contributed by atoms with Crippen LogP contribution >= 0.6 is 0 Å². The van der Waals surface area contributed by atoms with Crippen molar-refractivity contribution in [3.63, 3.8) is 0 Å². The van der Waals surface area contributed by atoms with E-state index in [0.29, 0.717) is 0 Å². The first-order valence-electron chi connectivity index (χ1n) is 3.88. The van der Waals surface area contributed by atoms with Gasteiger partial charge in [0.25, 0.3) is 0 Å². The van der Waals surface area contributed by atoms with Gasteiger partial charge in [0.05, 0.1) is 5.57 Å². The van der Waals surface area contributed by atoms with Crippen molar-refractivity contribution in [3.8, 4) is 0 Å². The lowest BCUT2D eigenvalue weighted by Crippen LogP contribution is -2.32. The molecule has 0 amide bonds. The second-order valence-electron chi connectivity index (χ2n) is 2.80. The Labute approximate surface area is 87.2 Å². The molecule has 0 saturated heterocycles. The monoisotopic (exact) mass is 231 g/mol. The summed E-state index contributed by atoms with van der Waals surface area (Å²) >= 11 is 0. The fraction of sp³-hybridized carbons (Fsp3) is 0.250. The van der Waals surface area contributed by atoms with Crippen LogP contribution in [0.1, 0.15) is 0 Å². The Morgan fingerprint density at radius 2 is 2.13 bits per heavy atom. The molecule has 15 heavy (non-hydrogen) atoms. The van der Waals surface area contributed by atoms with Crippen molar-refractivity contribution in [1.29, 1.82) is 0 Å². The lowest BCUT2D eigenvalue weighted by Gasteiger charge is -2.18. The molecule has 0 aromatic rings. The van der Waals surface area contributed by atoms with Gasteiger partial charge in [0.1, 0.15) is 11.0 Å². The van der Waals surface area contributed by atoms with Crippen molar-refractivity contribution in [1.82, 2.24) is 0 Å². The molecule has 0 aromatic heterocycles. The SMILES string of the molecule is COC1C(C(=O)O)=CC(N)=CC1=S(=O)=O. The summed E-state index contributed by atoms with van der Waals surface area (Å²) < 4.78 is 26.4. The molecule has 1 atom stereocenters. The predicted octanol–water partition coefficient (Wildman–Crippen LogP) is -1.08. The van der Waals surface area contributed by atoms with Gasteiger partial charge in [-0.1, -0.05) is 0 Å². The van der Waals surface area contributed by atoms with Crippen LogP contribution in [0.3, 0.4) is 0 Å². The van der Waals surface area contributed by atoms with Gasteiger partial charge < -0.3 is 15.6 Å². The highest BCUT2D eigenvalue weighted by atomic mass is 32.2. The first-order valence-corrected chi connectivity index (χ1v) is 4.95. The van der Waals surface area contributed by atoms with Gasteiger partial charge in [-0.25, -0.2) is 4.79 Å². The molecule has 0 radical (unpaired) electrons. The van der Waals surface area contributed by atoms with Crippen LogP contribution in [0, 0.1) is 0 Å². The zero-order chi connectivity index (χ0) is 11.6. The lowest BCUT2D eigenvalue weighted by molar-refractivity contribution is -0.133. The van der Waals surface area contributed by atoms with Crippen LogP contribution in [-0.4, -0.2) is 37.6 Å². The van der Waals surface area contributed by atoms with Crippen LogP contribution in [0.25, 0.3) is 0 Å². The quantitative estimate of drug-likeness (QED) is 0.585. The van der Waals surface area contributed by atoms with Crippen LogP contribution in [0.5, 0.6) is 0 Å². The van der Waals surface area contributed by atoms with Crippen molar-refractivity contribution in [2.24, 2.45) is 5.73 Å². The zero-order valence-corrected chi connectivity index (χ0v) is 8.61. The summed E-state index contributed by atoms with van der Waals surface area (Å²) in [6.07, 6.45) is 1.24. The van der Waals surface area contributed by atoms with E-state index in [1.54, 1.807) is 0 Å². The lowest BCUT2D eigenvalue weighted by atomic mass is 10.00. The summed E-state index contributed by atoms with van der Waals surface area (Å²) in [6.45, 7) is 0.